The smallest absolute Gasteiger partial charge is 0.340 e. The summed E-state index contributed by atoms with van der Waals surface area (Å²) in [5, 5.41) is 27.9. The quantitative estimate of drug-likeness (QED) is 0.461. The summed E-state index contributed by atoms with van der Waals surface area (Å²) in [6, 6.07) is 0.955. The molecule has 0 bridgehead atoms. The van der Waals surface area contributed by atoms with E-state index in [0.29, 0.717) is 5.75 Å². The second-order valence-corrected chi connectivity index (χ2v) is 3.88. The maximum atomic E-state index is 13.0. The van der Waals surface area contributed by atoms with Crippen molar-refractivity contribution in [2.45, 2.75) is 18.6 Å². The molecule has 1 heterocycles. The Kier molecular flexibility index (Phi) is 4.86. The highest BCUT2D eigenvalue weighted by atomic mass is 32.1. The summed E-state index contributed by atoms with van der Waals surface area (Å²) in [5.74, 6) is -2.25. The van der Waals surface area contributed by atoms with Gasteiger partial charge in [0.1, 0.15) is 11.7 Å². The highest BCUT2D eigenvalue weighted by molar-refractivity contribution is 7.80. The lowest BCUT2D eigenvalue weighted by atomic mass is 10.0. The van der Waals surface area contributed by atoms with Gasteiger partial charge in [-0.3, -0.25) is 0 Å². The molecule has 0 saturated carbocycles. The minimum atomic E-state index is -1.48. The number of hydrogen-bond donors (Lipinski definition) is 4. The second kappa shape index (κ2) is 5.95. The molecule has 17 heavy (non-hydrogen) atoms. The summed E-state index contributed by atoms with van der Waals surface area (Å²) >= 11 is 3.90. The predicted octanol–water partition coefficient (Wildman–Crippen LogP) is 0.633. The minimum absolute atomic E-state index is 0.0538. The number of aliphatic hydroxyl groups excluding tert-OH is 2. The van der Waals surface area contributed by atoms with Gasteiger partial charge in [0.15, 0.2) is 0 Å². The molecule has 0 aromatic carbocycles. The predicted molar refractivity (Wildman–Crippen MR) is 60.6 cm³/mol. The number of carbonyl (C=O) groups is 1. The third-order valence-electron chi connectivity index (χ3n) is 2.22. The van der Waals surface area contributed by atoms with Crippen LogP contribution in [0.4, 0.5) is 4.39 Å². The Bertz CT molecular complexity index is 415. The average Bonchev–Trinajstić information content (AvgIpc) is 2.28. The van der Waals surface area contributed by atoms with Gasteiger partial charge in [0.05, 0.1) is 6.10 Å². The number of carboxylic acids is 1. The van der Waals surface area contributed by atoms with E-state index in [2.05, 4.69) is 17.6 Å². The lowest BCUT2D eigenvalue weighted by Gasteiger charge is -2.17. The molecule has 0 fully saturated rings. The van der Waals surface area contributed by atoms with E-state index in [-0.39, 0.29) is 12.0 Å². The summed E-state index contributed by atoms with van der Waals surface area (Å²) in [4.78, 5) is 13.9. The minimum Gasteiger partial charge on any atom is -0.478 e. The Morgan fingerprint density at radius 1 is 1.53 bits per heavy atom. The number of aromatic nitrogens is 1. The lowest BCUT2D eigenvalue weighted by molar-refractivity contribution is 0.0168. The molecule has 1 rings (SSSR count). The molecule has 2 atom stereocenters. The number of nitrogens with zero attached hydrogens (tertiary/aromatic N) is 1. The van der Waals surface area contributed by atoms with Crippen molar-refractivity contribution in [3.63, 3.8) is 0 Å². The molecule has 0 saturated heterocycles. The zero-order valence-corrected chi connectivity index (χ0v) is 9.64. The van der Waals surface area contributed by atoms with E-state index in [1.165, 1.54) is 0 Å². The van der Waals surface area contributed by atoms with Gasteiger partial charge in [-0.05, 0) is 18.2 Å². The monoisotopic (exact) mass is 261 g/mol. The van der Waals surface area contributed by atoms with Crippen molar-refractivity contribution in [2.75, 3.05) is 5.75 Å². The van der Waals surface area contributed by atoms with Crippen molar-refractivity contribution >= 4 is 18.6 Å². The SMILES string of the molecule is O=C(O)c1cc(C(O)C(O)CCS)cnc1F. The molecule has 0 radical (unpaired) electrons. The number of halogens is 1. The normalized spacial score (nSPS) is 14.4. The van der Waals surface area contributed by atoms with Crippen LogP contribution >= 0.6 is 12.6 Å². The van der Waals surface area contributed by atoms with Crippen LogP contribution in [0.5, 0.6) is 0 Å². The first kappa shape index (κ1) is 13.9. The maximum absolute atomic E-state index is 13.0. The second-order valence-electron chi connectivity index (χ2n) is 3.44. The fourth-order valence-electron chi connectivity index (χ4n) is 1.29. The summed E-state index contributed by atoms with van der Waals surface area (Å²) in [6.45, 7) is 0. The molecule has 0 aliphatic rings. The van der Waals surface area contributed by atoms with Crippen molar-refractivity contribution in [1.29, 1.82) is 0 Å². The summed E-state index contributed by atoms with van der Waals surface area (Å²) in [7, 11) is 0. The highest BCUT2D eigenvalue weighted by Crippen LogP contribution is 2.20. The first-order valence-corrected chi connectivity index (χ1v) is 5.46. The topological polar surface area (TPSA) is 90.7 Å². The average molecular weight is 261 g/mol. The van der Waals surface area contributed by atoms with E-state index in [1.807, 2.05) is 0 Å². The van der Waals surface area contributed by atoms with Crippen molar-refractivity contribution in [1.82, 2.24) is 4.98 Å². The molecule has 2 unspecified atom stereocenters. The molecule has 0 aliphatic carbocycles. The standard InChI is InChI=1S/C10H12FNO4S/c11-9-6(10(15)16)3-5(4-12-9)8(14)7(13)1-2-17/h3-4,7-8,13-14,17H,1-2H2,(H,15,16). The van der Waals surface area contributed by atoms with Gasteiger partial charge in [-0.2, -0.15) is 17.0 Å². The van der Waals surface area contributed by atoms with Crippen LogP contribution in [0.2, 0.25) is 0 Å². The van der Waals surface area contributed by atoms with Gasteiger partial charge in [-0.15, -0.1) is 0 Å². The fourth-order valence-corrected chi connectivity index (χ4v) is 1.55. The van der Waals surface area contributed by atoms with Crippen LogP contribution in [-0.4, -0.2) is 38.1 Å². The molecule has 1 aromatic heterocycles. The molecule has 3 N–H and O–H groups in total. The lowest BCUT2D eigenvalue weighted by Crippen LogP contribution is -2.19. The molecule has 5 nitrogen and oxygen atoms in total. The Balaban J connectivity index is 2.99. The van der Waals surface area contributed by atoms with Crippen molar-refractivity contribution in [2.24, 2.45) is 0 Å². The zero-order chi connectivity index (χ0) is 13.0. The maximum Gasteiger partial charge on any atom is 0.340 e. The number of thiol groups is 1. The fraction of sp³-hybridized carbons (Fsp3) is 0.400. The van der Waals surface area contributed by atoms with Gasteiger partial charge in [0.2, 0.25) is 5.95 Å². The Labute approximate surface area is 102 Å². The van der Waals surface area contributed by atoms with Crippen molar-refractivity contribution in [3.8, 4) is 0 Å². The van der Waals surface area contributed by atoms with Crippen LogP contribution in [0.3, 0.4) is 0 Å². The summed E-state index contributed by atoms with van der Waals surface area (Å²) in [6.07, 6.45) is -1.19. The third-order valence-corrected chi connectivity index (χ3v) is 2.48. The molecule has 1 aromatic rings. The highest BCUT2D eigenvalue weighted by Gasteiger charge is 2.21. The van der Waals surface area contributed by atoms with E-state index in [4.69, 9.17) is 5.11 Å². The molecule has 0 aliphatic heterocycles. The first-order chi connectivity index (χ1) is 7.97. The van der Waals surface area contributed by atoms with Crippen LogP contribution < -0.4 is 0 Å². The molecule has 0 amide bonds. The van der Waals surface area contributed by atoms with E-state index in [1.54, 1.807) is 0 Å². The van der Waals surface area contributed by atoms with Gasteiger partial charge in [-0.25, -0.2) is 9.78 Å². The van der Waals surface area contributed by atoms with Gasteiger partial charge in [0, 0.05) is 11.8 Å². The van der Waals surface area contributed by atoms with Crippen LogP contribution in [-0.2, 0) is 0 Å². The molecule has 0 spiro atoms. The van der Waals surface area contributed by atoms with E-state index in [0.717, 1.165) is 12.3 Å². The number of pyridine rings is 1. The summed E-state index contributed by atoms with van der Waals surface area (Å²) in [5.41, 5.74) is -0.585. The number of aromatic carboxylic acids is 1. The van der Waals surface area contributed by atoms with Gasteiger partial charge in [0.25, 0.3) is 0 Å². The Morgan fingerprint density at radius 3 is 2.71 bits per heavy atom. The number of hydrogen-bond acceptors (Lipinski definition) is 5. The van der Waals surface area contributed by atoms with Crippen LogP contribution in [0.25, 0.3) is 0 Å². The molecule has 94 valence electrons. The van der Waals surface area contributed by atoms with Crippen LogP contribution in [0.1, 0.15) is 28.4 Å². The third kappa shape index (κ3) is 3.39. The molecular weight excluding hydrogens is 249 g/mol. The van der Waals surface area contributed by atoms with E-state index >= 15 is 0 Å². The zero-order valence-electron chi connectivity index (χ0n) is 8.75. The van der Waals surface area contributed by atoms with Crippen molar-refractivity contribution in [3.05, 3.63) is 29.3 Å². The summed E-state index contributed by atoms with van der Waals surface area (Å²) < 4.78 is 13.0. The first-order valence-electron chi connectivity index (χ1n) is 4.83. The Hall–Kier alpha value is -1.18. The number of carboxylic acid groups (broad SMARTS) is 1. The number of rotatable bonds is 5. The molecular formula is C10H12FNO4S. The van der Waals surface area contributed by atoms with Gasteiger partial charge in [-0.1, -0.05) is 0 Å². The van der Waals surface area contributed by atoms with E-state index < -0.39 is 29.7 Å². The van der Waals surface area contributed by atoms with Gasteiger partial charge >= 0.3 is 5.97 Å². The van der Waals surface area contributed by atoms with Crippen molar-refractivity contribution < 1.29 is 24.5 Å². The molecule has 7 heteroatoms. The van der Waals surface area contributed by atoms with Crippen LogP contribution in [0, 0.1) is 5.95 Å². The van der Waals surface area contributed by atoms with Crippen LogP contribution in [0.15, 0.2) is 12.3 Å². The van der Waals surface area contributed by atoms with E-state index in [9.17, 15) is 19.4 Å². The largest absolute Gasteiger partial charge is 0.478 e. The van der Waals surface area contributed by atoms with Gasteiger partial charge < -0.3 is 15.3 Å². The number of aliphatic hydroxyl groups is 2. The Morgan fingerprint density at radius 2 is 2.18 bits per heavy atom.